The summed E-state index contributed by atoms with van der Waals surface area (Å²) in [7, 11) is 0. The van der Waals surface area contributed by atoms with Crippen LogP contribution in [0.1, 0.15) is 13.8 Å². The van der Waals surface area contributed by atoms with E-state index in [9.17, 15) is 25.2 Å². The summed E-state index contributed by atoms with van der Waals surface area (Å²) in [6.07, 6.45) is -4.58. The van der Waals surface area contributed by atoms with Crippen molar-refractivity contribution in [3.63, 3.8) is 0 Å². The number of carboxylic acids is 1. The number of hydrogen-bond acceptors (Lipinski definition) is 7. The Kier molecular flexibility index (Phi) is 5.25. The molecule has 0 aromatic rings. The highest BCUT2D eigenvalue weighted by molar-refractivity contribution is 5.73. The van der Waals surface area contributed by atoms with Crippen molar-refractivity contribution in [2.45, 2.75) is 44.0 Å². The molecule has 1 aliphatic heterocycles. The van der Waals surface area contributed by atoms with Crippen molar-refractivity contribution in [1.82, 2.24) is 5.32 Å². The average Bonchev–Trinajstić information content (AvgIpc) is 2.31. The molecule has 1 aliphatic rings. The Morgan fingerprint density at radius 2 is 2.00 bits per heavy atom. The van der Waals surface area contributed by atoms with Gasteiger partial charge in [0, 0.05) is 0 Å². The molecule has 0 aromatic carbocycles. The lowest BCUT2D eigenvalue weighted by atomic mass is 9.96. The molecule has 1 rings (SSSR count). The van der Waals surface area contributed by atoms with Crippen LogP contribution in [-0.4, -0.2) is 74.8 Å². The first kappa shape index (κ1) is 16.3. The summed E-state index contributed by atoms with van der Waals surface area (Å²) in [6.45, 7) is 2.64. The van der Waals surface area contributed by atoms with Gasteiger partial charge in [-0.3, -0.25) is 10.1 Å². The molecular weight excluding hydrogens is 258 g/mol. The lowest BCUT2D eigenvalue weighted by Gasteiger charge is -2.42. The fourth-order valence-electron chi connectivity index (χ4n) is 1.91. The van der Waals surface area contributed by atoms with Gasteiger partial charge in [-0.1, -0.05) is 13.8 Å². The molecular formula is C11H21NO7. The highest BCUT2D eigenvalue weighted by atomic mass is 16.6. The molecule has 1 heterocycles. The minimum Gasteiger partial charge on any atom is -0.480 e. The molecule has 0 aliphatic carbocycles. The normalized spacial score (nSPS) is 37.3. The maximum absolute atomic E-state index is 11.0. The van der Waals surface area contributed by atoms with E-state index >= 15 is 0 Å². The predicted octanol–water partition coefficient (Wildman–Crippen LogP) is -2.51. The van der Waals surface area contributed by atoms with E-state index in [1.807, 2.05) is 0 Å². The van der Waals surface area contributed by atoms with Crippen molar-refractivity contribution >= 4 is 5.97 Å². The molecule has 0 aromatic heterocycles. The Morgan fingerprint density at radius 3 is 2.47 bits per heavy atom. The van der Waals surface area contributed by atoms with Gasteiger partial charge in [0.15, 0.2) is 0 Å². The number of carbonyl (C=O) groups is 1. The van der Waals surface area contributed by atoms with E-state index in [1.165, 1.54) is 0 Å². The van der Waals surface area contributed by atoms with Crippen LogP contribution in [0.2, 0.25) is 0 Å². The van der Waals surface area contributed by atoms with Crippen LogP contribution < -0.4 is 5.32 Å². The van der Waals surface area contributed by atoms with Crippen molar-refractivity contribution in [2.24, 2.45) is 5.92 Å². The van der Waals surface area contributed by atoms with Crippen LogP contribution in [0, 0.1) is 5.92 Å². The SMILES string of the molecule is CC(C)[C@H](NC[C@@]1(O)OC[C@@H](O)[C@H](O)[C@@H]1O)C(=O)O. The molecule has 6 N–H and O–H groups in total. The fraction of sp³-hybridized carbons (Fsp3) is 0.909. The zero-order valence-electron chi connectivity index (χ0n) is 10.9. The molecule has 0 unspecified atom stereocenters. The van der Waals surface area contributed by atoms with E-state index < -0.39 is 36.1 Å². The zero-order valence-corrected chi connectivity index (χ0v) is 10.9. The van der Waals surface area contributed by atoms with Gasteiger partial charge in [0.1, 0.15) is 24.4 Å². The number of hydrogen-bond donors (Lipinski definition) is 6. The number of ether oxygens (including phenoxy) is 1. The molecule has 8 heteroatoms. The standard InChI is InChI=1S/C11H21NO7/c1-5(2)7(10(16)17)12-4-11(18)9(15)8(14)6(13)3-19-11/h5-9,12-15,18H,3-4H2,1-2H3,(H,16,17)/t6-,7+,8+,9+,11-/m1/s1. The van der Waals surface area contributed by atoms with E-state index in [0.717, 1.165) is 0 Å². The van der Waals surface area contributed by atoms with Gasteiger partial charge in [0.25, 0.3) is 0 Å². The molecule has 0 bridgehead atoms. The van der Waals surface area contributed by atoms with Crippen molar-refractivity contribution in [3.8, 4) is 0 Å². The van der Waals surface area contributed by atoms with E-state index in [4.69, 9.17) is 9.84 Å². The summed E-state index contributed by atoms with van der Waals surface area (Å²) in [5, 5.41) is 50.0. The van der Waals surface area contributed by atoms with Crippen molar-refractivity contribution < 1.29 is 35.1 Å². The zero-order chi connectivity index (χ0) is 14.8. The lowest BCUT2D eigenvalue weighted by molar-refractivity contribution is -0.318. The maximum Gasteiger partial charge on any atom is 0.320 e. The van der Waals surface area contributed by atoms with Crippen LogP contribution in [-0.2, 0) is 9.53 Å². The quantitative estimate of drug-likeness (QED) is 0.324. The predicted molar refractivity (Wildman–Crippen MR) is 63.2 cm³/mol. The second-order valence-corrected chi connectivity index (χ2v) is 5.10. The third-order valence-electron chi connectivity index (χ3n) is 3.19. The summed E-state index contributed by atoms with van der Waals surface area (Å²) < 4.78 is 4.91. The monoisotopic (exact) mass is 279 g/mol. The lowest BCUT2D eigenvalue weighted by Crippen LogP contribution is -2.65. The van der Waals surface area contributed by atoms with Gasteiger partial charge in [0.05, 0.1) is 13.2 Å². The largest absolute Gasteiger partial charge is 0.480 e. The van der Waals surface area contributed by atoms with Crippen molar-refractivity contribution in [3.05, 3.63) is 0 Å². The van der Waals surface area contributed by atoms with Gasteiger partial charge < -0.3 is 30.3 Å². The second kappa shape index (κ2) is 6.12. The van der Waals surface area contributed by atoms with Crippen molar-refractivity contribution in [1.29, 1.82) is 0 Å². The molecule has 0 radical (unpaired) electrons. The number of rotatable bonds is 5. The smallest absolute Gasteiger partial charge is 0.320 e. The molecule has 1 fully saturated rings. The fourth-order valence-corrected chi connectivity index (χ4v) is 1.91. The molecule has 0 amide bonds. The summed E-state index contributed by atoms with van der Waals surface area (Å²) >= 11 is 0. The van der Waals surface area contributed by atoms with E-state index in [0.29, 0.717) is 0 Å². The van der Waals surface area contributed by atoms with Crippen LogP contribution >= 0.6 is 0 Å². The molecule has 112 valence electrons. The molecule has 0 saturated carbocycles. The third kappa shape index (κ3) is 3.62. The first-order valence-corrected chi connectivity index (χ1v) is 6.05. The van der Waals surface area contributed by atoms with Gasteiger partial charge in [-0.05, 0) is 5.92 Å². The molecule has 19 heavy (non-hydrogen) atoms. The molecule has 5 atom stereocenters. The van der Waals surface area contributed by atoms with Crippen LogP contribution in [0.5, 0.6) is 0 Å². The van der Waals surface area contributed by atoms with Gasteiger partial charge in [-0.25, -0.2) is 0 Å². The first-order chi connectivity index (χ1) is 8.69. The van der Waals surface area contributed by atoms with Crippen LogP contribution in [0.25, 0.3) is 0 Å². The molecule has 1 saturated heterocycles. The summed E-state index contributed by atoms with van der Waals surface area (Å²) in [4.78, 5) is 11.0. The topological polar surface area (TPSA) is 139 Å². The molecule has 0 spiro atoms. The Balaban J connectivity index is 2.67. The van der Waals surface area contributed by atoms with E-state index in [2.05, 4.69) is 5.32 Å². The maximum atomic E-state index is 11.0. The average molecular weight is 279 g/mol. The third-order valence-corrected chi connectivity index (χ3v) is 3.19. The number of aliphatic hydroxyl groups is 4. The first-order valence-electron chi connectivity index (χ1n) is 6.05. The van der Waals surface area contributed by atoms with E-state index in [1.54, 1.807) is 13.8 Å². The summed E-state index contributed by atoms with van der Waals surface area (Å²) in [6, 6.07) is -0.927. The van der Waals surface area contributed by atoms with Crippen molar-refractivity contribution in [2.75, 3.05) is 13.2 Å². The minimum absolute atomic E-state index is 0.239. The summed E-state index contributed by atoms with van der Waals surface area (Å²) in [5.41, 5.74) is 0. The van der Waals surface area contributed by atoms with Crippen LogP contribution in [0.15, 0.2) is 0 Å². The second-order valence-electron chi connectivity index (χ2n) is 5.10. The Hall–Kier alpha value is -0.770. The van der Waals surface area contributed by atoms with Crippen LogP contribution in [0.4, 0.5) is 0 Å². The Morgan fingerprint density at radius 1 is 1.42 bits per heavy atom. The number of nitrogens with one attached hydrogen (secondary N) is 1. The van der Waals surface area contributed by atoms with E-state index in [-0.39, 0.29) is 19.1 Å². The number of carboxylic acid groups (broad SMARTS) is 1. The molecule has 8 nitrogen and oxygen atoms in total. The Bertz CT molecular complexity index is 324. The highest BCUT2D eigenvalue weighted by Crippen LogP contribution is 2.23. The Labute approximate surface area is 110 Å². The number of aliphatic hydroxyl groups excluding tert-OH is 3. The van der Waals surface area contributed by atoms with Gasteiger partial charge in [0.2, 0.25) is 5.79 Å². The van der Waals surface area contributed by atoms with Gasteiger partial charge in [-0.15, -0.1) is 0 Å². The van der Waals surface area contributed by atoms with Crippen LogP contribution in [0.3, 0.4) is 0 Å². The number of aliphatic carboxylic acids is 1. The van der Waals surface area contributed by atoms with Gasteiger partial charge in [-0.2, -0.15) is 0 Å². The minimum atomic E-state index is -2.14. The summed E-state index contributed by atoms with van der Waals surface area (Å²) in [5.74, 6) is -3.47. The van der Waals surface area contributed by atoms with Gasteiger partial charge >= 0.3 is 5.97 Å². The highest BCUT2D eigenvalue weighted by Gasteiger charge is 2.48.